The lowest BCUT2D eigenvalue weighted by Gasteiger charge is -2.12. The Labute approximate surface area is 103 Å². The van der Waals surface area contributed by atoms with Gasteiger partial charge in [0.2, 0.25) is 10.0 Å². The van der Waals surface area contributed by atoms with Crippen molar-refractivity contribution >= 4 is 16.0 Å². The molecule has 0 bridgehead atoms. The summed E-state index contributed by atoms with van der Waals surface area (Å²) in [5.41, 5.74) is -0.727. The molecule has 8 heteroatoms. The fourth-order valence-corrected chi connectivity index (χ4v) is 2.47. The van der Waals surface area contributed by atoms with Crippen molar-refractivity contribution in [2.24, 2.45) is 0 Å². The molecule has 0 radical (unpaired) electrons. The smallest absolute Gasteiger partial charge is 0.338 e. The molecule has 0 aromatic heterocycles. The molecular formula is C10H12FNO5S. The first-order chi connectivity index (χ1) is 8.27. The summed E-state index contributed by atoms with van der Waals surface area (Å²) < 4.78 is 38.7. The third-order valence-electron chi connectivity index (χ3n) is 2.11. The van der Waals surface area contributed by atoms with Crippen LogP contribution in [0.25, 0.3) is 0 Å². The van der Waals surface area contributed by atoms with Gasteiger partial charge in [-0.05, 0) is 25.1 Å². The van der Waals surface area contributed by atoms with E-state index in [1.165, 1.54) is 6.92 Å². The van der Waals surface area contributed by atoms with E-state index in [2.05, 4.69) is 4.72 Å². The third-order valence-corrected chi connectivity index (χ3v) is 3.70. The normalized spacial score (nSPS) is 13.3. The molecule has 6 nitrogen and oxygen atoms in total. The highest BCUT2D eigenvalue weighted by molar-refractivity contribution is 7.89. The van der Waals surface area contributed by atoms with Gasteiger partial charge in [0, 0.05) is 6.04 Å². The van der Waals surface area contributed by atoms with Crippen LogP contribution in [0, 0.1) is 5.82 Å². The summed E-state index contributed by atoms with van der Waals surface area (Å²) in [5.74, 6) is -2.57. The van der Waals surface area contributed by atoms with E-state index in [-0.39, 0.29) is 4.90 Å². The molecule has 100 valence electrons. The Morgan fingerprint density at radius 2 is 2.11 bits per heavy atom. The highest BCUT2D eigenvalue weighted by Gasteiger charge is 2.20. The van der Waals surface area contributed by atoms with Gasteiger partial charge in [0.15, 0.2) is 0 Å². The van der Waals surface area contributed by atoms with Crippen LogP contribution in [0.1, 0.15) is 17.3 Å². The summed E-state index contributed by atoms with van der Waals surface area (Å²) in [6.07, 6.45) is 0. The predicted molar refractivity (Wildman–Crippen MR) is 60.2 cm³/mol. The van der Waals surface area contributed by atoms with Crippen molar-refractivity contribution in [1.82, 2.24) is 4.72 Å². The predicted octanol–water partition coefficient (Wildman–Crippen LogP) is 0.183. The van der Waals surface area contributed by atoms with E-state index < -0.39 is 40.0 Å². The summed E-state index contributed by atoms with van der Waals surface area (Å²) in [4.78, 5) is 10.3. The number of aliphatic hydroxyl groups is 1. The van der Waals surface area contributed by atoms with Gasteiger partial charge >= 0.3 is 5.97 Å². The second-order valence-corrected chi connectivity index (χ2v) is 5.37. The average Bonchev–Trinajstić information content (AvgIpc) is 2.28. The Bertz CT molecular complexity index is 557. The van der Waals surface area contributed by atoms with Gasteiger partial charge in [-0.15, -0.1) is 0 Å². The number of rotatable bonds is 5. The first kappa shape index (κ1) is 14.6. The molecule has 1 unspecified atom stereocenters. The summed E-state index contributed by atoms with van der Waals surface area (Å²) >= 11 is 0. The number of carbonyl (C=O) groups is 1. The maximum Gasteiger partial charge on any atom is 0.338 e. The van der Waals surface area contributed by atoms with Gasteiger partial charge in [0.1, 0.15) is 5.82 Å². The molecule has 18 heavy (non-hydrogen) atoms. The monoisotopic (exact) mass is 277 g/mol. The van der Waals surface area contributed by atoms with Gasteiger partial charge in [-0.25, -0.2) is 22.3 Å². The molecule has 1 rings (SSSR count). The highest BCUT2D eigenvalue weighted by atomic mass is 32.2. The minimum Gasteiger partial charge on any atom is -0.478 e. The fourth-order valence-electron chi connectivity index (χ4n) is 1.21. The Morgan fingerprint density at radius 3 is 2.61 bits per heavy atom. The van der Waals surface area contributed by atoms with Crippen LogP contribution < -0.4 is 4.72 Å². The molecule has 3 N–H and O–H groups in total. The van der Waals surface area contributed by atoms with Gasteiger partial charge in [-0.2, -0.15) is 0 Å². The van der Waals surface area contributed by atoms with E-state index in [0.717, 1.165) is 18.2 Å². The molecule has 0 aliphatic carbocycles. The summed E-state index contributed by atoms with van der Waals surface area (Å²) in [6, 6.07) is 1.72. The molecular weight excluding hydrogens is 265 g/mol. The number of hydrogen-bond acceptors (Lipinski definition) is 4. The number of aliphatic hydroxyl groups excluding tert-OH is 1. The molecule has 0 saturated carbocycles. The molecule has 0 heterocycles. The molecule has 1 atom stereocenters. The van der Waals surface area contributed by atoms with Crippen molar-refractivity contribution in [1.29, 1.82) is 0 Å². The average molecular weight is 277 g/mol. The first-order valence-electron chi connectivity index (χ1n) is 4.94. The van der Waals surface area contributed by atoms with Gasteiger partial charge in [0.25, 0.3) is 0 Å². The minimum atomic E-state index is -3.98. The number of benzene rings is 1. The quantitative estimate of drug-likeness (QED) is 0.712. The van der Waals surface area contributed by atoms with Gasteiger partial charge in [0.05, 0.1) is 17.1 Å². The van der Waals surface area contributed by atoms with Crippen molar-refractivity contribution < 1.29 is 27.8 Å². The maximum atomic E-state index is 13.1. The second-order valence-electron chi connectivity index (χ2n) is 3.65. The summed E-state index contributed by atoms with van der Waals surface area (Å²) in [7, 11) is -3.98. The Balaban J connectivity index is 3.18. The SMILES string of the molecule is CC(CO)NS(=O)(=O)c1ccc(F)c(C(=O)O)c1. The minimum absolute atomic E-state index is 0.374. The number of nitrogens with one attached hydrogen (secondary N) is 1. The summed E-state index contributed by atoms with van der Waals surface area (Å²) in [6.45, 7) is 1.02. The Morgan fingerprint density at radius 1 is 1.50 bits per heavy atom. The van der Waals surface area contributed by atoms with E-state index in [4.69, 9.17) is 10.2 Å². The molecule has 1 aromatic carbocycles. The van der Waals surface area contributed by atoms with E-state index >= 15 is 0 Å². The van der Waals surface area contributed by atoms with Crippen LogP contribution in [0.2, 0.25) is 0 Å². The van der Waals surface area contributed by atoms with E-state index in [0.29, 0.717) is 0 Å². The van der Waals surface area contributed by atoms with Gasteiger partial charge in [-0.1, -0.05) is 0 Å². The third kappa shape index (κ3) is 3.25. The van der Waals surface area contributed by atoms with Gasteiger partial charge in [-0.3, -0.25) is 0 Å². The first-order valence-corrected chi connectivity index (χ1v) is 6.42. The second kappa shape index (κ2) is 5.42. The lowest BCUT2D eigenvalue weighted by atomic mass is 10.2. The van der Waals surface area contributed by atoms with Crippen molar-refractivity contribution in [2.75, 3.05) is 6.61 Å². The standard InChI is InChI=1S/C10H12FNO5S/c1-6(5-13)12-18(16,17)7-2-3-9(11)8(4-7)10(14)15/h2-4,6,12-13H,5H2,1H3,(H,14,15). The molecule has 0 saturated heterocycles. The number of halogens is 1. The number of aromatic carboxylic acids is 1. The number of carboxylic acid groups (broad SMARTS) is 1. The maximum absolute atomic E-state index is 13.1. The Hall–Kier alpha value is -1.51. The van der Waals surface area contributed by atoms with Crippen LogP contribution in [0.3, 0.4) is 0 Å². The van der Waals surface area contributed by atoms with Crippen LogP contribution >= 0.6 is 0 Å². The zero-order valence-electron chi connectivity index (χ0n) is 9.42. The molecule has 0 aliphatic rings. The zero-order chi connectivity index (χ0) is 13.9. The van der Waals surface area contributed by atoms with Crippen LogP contribution in [-0.2, 0) is 10.0 Å². The van der Waals surface area contributed by atoms with Gasteiger partial charge < -0.3 is 10.2 Å². The van der Waals surface area contributed by atoms with E-state index in [9.17, 15) is 17.6 Å². The Kier molecular flexibility index (Phi) is 4.38. The fraction of sp³-hybridized carbons (Fsp3) is 0.300. The van der Waals surface area contributed by atoms with E-state index in [1.54, 1.807) is 0 Å². The zero-order valence-corrected chi connectivity index (χ0v) is 10.2. The van der Waals surface area contributed by atoms with Crippen molar-refractivity contribution in [3.05, 3.63) is 29.6 Å². The van der Waals surface area contributed by atoms with Crippen LogP contribution in [0.4, 0.5) is 4.39 Å². The lowest BCUT2D eigenvalue weighted by Crippen LogP contribution is -2.35. The molecule has 0 fully saturated rings. The van der Waals surface area contributed by atoms with E-state index in [1.807, 2.05) is 0 Å². The molecule has 0 amide bonds. The van der Waals surface area contributed by atoms with Crippen LogP contribution in [-0.4, -0.2) is 37.2 Å². The molecule has 0 aliphatic heterocycles. The lowest BCUT2D eigenvalue weighted by molar-refractivity contribution is 0.0691. The highest BCUT2D eigenvalue weighted by Crippen LogP contribution is 2.15. The van der Waals surface area contributed by atoms with Crippen molar-refractivity contribution in [2.45, 2.75) is 17.9 Å². The largest absolute Gasteiger partial charge is 0.478 e. The number of carboxylic acids is 1. The molecule has 0 spiro atoms. The van der Waals surface area contributed by atoms with Crippen molar-refractivity contribution in [3.8, 4) is 0 Å². The van der Waals surface area contributed by atoms with Crippen molar-refractivity contribution in [3.63, 3.8) is 0 Å². The topological polar surface area (TPSA) is 104 Å². The summed E-state index contributed by atoms with van der Waals surface area (Å²) in [5, 5.41) is 17.4. The number of hydrogen-bond donors (Lipinski definition) is 3. The van der Waals surface area contributed by atoms with Crippen LogP contribution in [0.15, 0.2) is 23.1 Å². The molecule has 1 aromatic rings. The number of sulfonamides is 1. The van der Waals surface area contributed by atoms with Crippen LogP contribution in [0.5, 0.6) is 0 Å².